The number of nitrogen functional groups attached to an aromatic ring is 1. The fourth-order valence-electron chi connectivity index (χ4n) is 2.21. The smallest absolute Gasteiger partial charge is 0.328 e. The van der Waals surface area contributed by atoms with Gasteiger partial charge in [-0.25, -0.2) is 14.6 Å². The average Bonchev–Trinajstić information content (AvgIpc) is 2.90. The minimum Gasteiger partial charge on any atom is -0.478 e. The number of hydrogen-bond acceptors (Lipinski definition) is 6. The number of halogens is 1. The van der Waals surface area contributed by atoms with E-state index in [9.17, 15) is 9.59 Å². The van der Waals surface area contributed by atoms with E-state index in [0.717, 1.165) is 31.7 Å². The maximum atomic E-state index is 9.55. The number of aromatic nitrogens is 1. The summed E-state index contributed by atoms with van der Waals surface area (Å²) in [5.41, 5.74) is 7.79. The second kappa shape index (κ2) is 10.9. The zero-order chi connectivity index (χ0) is 18.8. The Labute approximate surface area is 155 Å². The van der Waals surface area contributed by atoms with E-state index >= 15 is 0 Å². The fraction of sp³-hybridized carbons (Fsp3) is 0.438. The van der Waals surface area contributed by atoms with Crippen molar-refractivity contribution in [2.45, 2.75) is 26.2 Å². The number of carboxylic acids is 2. The molecule has 0 atom stereocenters. The lowest BCUT2D eigenvalue weighted by Crippen LogP contribution is -2.30. The Kier molecular flexibility index (Phi) is 9.18. The van der Waals surface area contributed by atoms with E-state index < -0.39 is 11.9 Å². The number of rotatable bonds is 6. The zero-order valence-electron chi connectivity index (χ0n) is 13.9. The van der Waals surface area contributed by atoms with Gasteiger partial charge < -0.3 is 15.9 Å². The maximum absolute atomic E-state index is 9.55. The first-order valence-corrected chi connectivity index (χ1v) is 9.00. The minimum atomic E-state index is -1.26. The third-order valence-corrected chi connectivity index (χ3v) is 4.42. The molecule has 1 aliphatic rings. The van der Waals surface area contributed by atoms with Crippen molar-refractivity contribution < 1.29 is 19.8 Å². The predicted molar refractivity (Wildman–Crippen MR) is 99.9 cm³/mol. The van der Waals surface area contributed by atoms with Crippen LogP contribution in [0.4, 0.5) is 5.13 Å². The van der Waals surface area contributed by atoms with Crippen LogP contribution in [0.15, 0.2) is 18.2 Å². The van der Waals surface area contributed by atoms with Crippen LogP contribution >= 0.6 is 22.9 Å². The van der Waals surface area contributed by atoms with Gasteiger partial charge in [-0.2, -0.15) is 0 Å². The van der Waals surface area contributed by atoms with Crippen LogP contribution in [0, 0.1) is 0 Å². The topological polar surface area (TPSA) is 117 Å². The molecule has 9 heteroatoms. The quantitative estimate of drug-likeness (QED) is 0.642. The van der Waals surface area contributed by atoms with Crippen molar-refractivity contribution >= 4 is 45.6 Å². The Morgan fingerprint density at radius 2 is 2.04 bits per heavy atom. The first-order valence-electron chi connectivity index (χ1n) is 7.81. The number of nitrogens with two attached hydrogens (primary N) is 1. The molecule has 0 saturated heterocycles. The molecule has 1 aromatic rings. The van der Waals surface area contributed by atoms with Crippen LogP contribution in [-0.2, 0) is 9.59 Å². The summed E-state index contributed by atoms with van der Waals surface area (Å²) in [6.07, 6.45) is 6.92. The summed E-state index contributed by atoms with van der Waals surface area (Å²) in [6, 6.07) is 0. The molecule has 1 aliphatic heterocycles. The van der Waals surface area contributed by atoms with Crippen LogP contribution in [0.3, 0.4) is 0 Å². The summed E-state index contributed by atoms with van der Waals surface area (Å²) in [5.74, 6) is -2.51. The highest BCUT2D eigenvalue weighted by Gasteiger charge is 2.18. The largest absolute Gasteiger partial charge is 0.478 e. The molecule has 2 heterocycles. The Balaban J connectivity index is 0.000000333. The van der Waals surface area contributed by atoms with E-state index in [1.54, 1.807) is 0 Å². The lowest BCUT2D eigenvalue weighted by atomic mass is 10.1. The van der Waals surface area contributed by atoms with Gasteiger partial charge in [0.2, 0.25) is 0 Å². The third kappa shape index (κ3) is 8.15. The maximum Gasteiger partial charge on any atom is 0.328 e. The van der Waals surface area contributed by atoms with Gasteiger partial charge in [0, 0.05) is 25.2 Å². The van der Waals surface area contributed by atoms with Gasteiger partial charge in [0.1, 0.15) is 4.34 Å². The molecule has 0 unspecified atom stereocenters. The monoisotopic (exact) mass is 387 g/mol. The highest BCUT2D eigenvalue weighted by Crippen LogP contribution is 2.32. The molecule has 0 fully saturated rings. The van der Waals surface area contributed by atoms with E-state index in [0.29, 0.717) is 21.6 Å². The number of hydrogen-bond donors (Lipinski definition) is 3. The summed E-state index contributed by atoms with van der Waals surface area (Å²) in [6.45, 7) is 5.47. The second-order valence-electron chi connectivity index (χ2n) is 5.33. The molecule has 138 valence electrons. The molecular formula is C16H22ClN3O4S. The van der Waals surface area contributed by atoms with Gasteiger partial charge in [-0.05, 0) is 25.0 Å². The molecule has 0 radical (unpaired) electrons. The molecule has 4 N–H and O–H groups in total. The van der Waals surface area contributed by atoms with Crippen molar-refractivity contribution in [1.82, 2.24) is 9.88 Å². The fourth-order valence-corrected chi connectivity index (χ4v) is 3.20. The van der Waals surface area contributed by atoms with Crippen molar-refractivity contribution in [3.8, 4) is 0 Å². The second-order valence-corrected chi connectivity index (χ2v) is 6.96. The van der Waals surface area contributed by atoms with E-state index in [1.165, 1.54) is 29.8 Å². The van der Waals surface area contributed by atoms with Crippen LogP contribution in [-0.4, -0.2) is 51.7 Å². The summed E-state index contributed by atoms with van der Waals surface area (Å²) in [5, 5.41) is 16.2. The molecule has 0 aromatic carbocycles. The van der Waals surface area contributed by atoms with Gasteiger partial charge in [-0.15, -0.1) is 0 Å². The summed E-state index contributed by atoms with van der Waals surface area (Å²) >= 11 is 7.50. The van der Waals surface area contributed by atoms with Crippen molar-refractivity contribution in [2.75, 3.05) is 25.4 Å². The van der Waals surface area contributed by atoms with Crippen molar-refractivity contribution in [3.05, 3.63) is 28.3 Å². The number of carbonyl (C=O) groups is 2. The molecular weight excluding hydrogens is 366 g/mol. The standard InChI is InChI=1S/C12H18ClN3S.C4H4O4/c1-2-3-6-16-7-4-5-9(8-16)10-11(13)17-12(14)15-10;5-3(6)1-2-4(7)8/h5H,2-4,6-8H2,1H3,(H2,14,15);1-2H,(H,5,6)(H,7,8)/b;2-1+. The number of aliphatic carboxylic acids is 2. The SMILES string of the molecule is CCCCN1CCC=C(c2nc(N)sc2Cl)C1.O=C(O)/C=C/C(=O)O. The van der Waals surface area contributed by atoms with Crippen molar-refractivity contribution in [1.29, 1.82) is 0 Å². The number of unbranched alkanes of at least 4 members (excludes halogenated alkanes) is 1. The molecule has 2 rings (SSSR count). The van der Waals surface area contributed by atoms with Crippen LogP contribution in [0.2, 0.25) is 4.34 Å². The Morgan fingerprint density at radius 3 is 2.52 bits per heavy atom. The average molecular weight is 388 g/mol. The minimum absolute atomic E-state index is 0.552. The van der Waals surface area contributed by atoms with Gasteiger partial charge >= 0.3 is 11.9 Å². The van der Waals surface area contributed by atoms with Crippen molar-refractivity contribution in [3.63, 3.8) is 0 Å². The molecule has 0 spiro atoms. The first kappa shape index (κ1) is 21.1. The predicted octanol–water partition coefficient (Wildman–Crippen LogP) is 2.98. The molecule has 0 saturated carbocycles. The van der Waals surface area contributed by atoms with Crippen molar-refractivity contribution in [2.24, 2.45) is 0 Å². The highest BCUT2D eigenvalue weighted by atomic mass is 35.5. The first-order chi connectivity index (χ1) is 11.8. The molecule has 25 heavy (non-hydrogen) atoms. The van der Waals surface area contributed by atoms with E-state index in [1.807, 2.05) is 0 Å². The highest BCUT2D eigenvalue weighted by molar-refractivity contribution is 7.19. The van der Waals surface area contributed by atoms with Crippen LogP contribution in [0.5, 0.6) is 0 Å². The summed E-state index contributed by atoms with van der Waals surface area (Å²) in [7, 11) is 0. The lowest BCUT2D eigenvalue weighted by molar-refractivity contribution is -0.134. The van der Waals surface area contributed by atoms with Crippen LogP contribution in [0.25, 0.3) is 5.57 Å². The third-order valence-electron chi connectivity index (χ3n) is 3.33. The molecule has 7 nitrogen and oxygen atoms in total. The number of thiazole rings is 1. The molecule has 0 bridgehead atoms. The Morgan fingerprint density at radius 1 is 1.40 bits per heavy atom. The molecule has 1 aromatic heterocycles. The van der Waals surface area contributed by atoms with Crippen LogP contribution < -0.4 is 5.73 Å². The number of anilines is 1. The van der Waals surface area contributed by atoms with E-state index in [-0.39, 0.29) is 0 Å². The van der Waals surface area contributed by atoms with Gasteiger partial charge in [0.15, 0.2) is 5.13 Å². The lowest BCUT2D eigenvalue weighted by Gasteiger charge is -2.26. The summed E-state index contributed by atoms with van der Waals surface area (Å²) in [4.78, 5) is 25.9. The normalized spacial score (nSPS) is 14.7. The zero-order valence-corrected chi connectivity index (χ0v) is 15.5. The number of nitrogens with zero attached hydrogens (tertiary/aromatic N) is 2. The number of carboxylic acid groups (broad SMARTS) is 2. The van der Waals surface area contributed by atoms with Crippen LogP contribution in [0.1, 0.15) is 31.9 Å². The van der Waals surface area contributed by atoms with E-state index in [2.05, 4.69) is 22.9 Å². The Bertz CT molecular complexity index is 642. The molecule has 0 amide bonds. The van der Waals surface area contributed by atoms with Gasteiger partial charge in [0.05, 0.1) is 5.69 Å². The van der Waals surface area contributed by atoms with Gasteiger partial charge in [-0.1, -0.05) is 42.4 Å². The summed E-state index contributed by atoms with van der Waals surface area (Å²) < 4.78 is 0.714. The van der Waals surface area contributed by atoms with Gasteiger partial charge in [0.25, 0.3) is 0 Å². The Hall–Kier alpha value is -1.90. The van der Waals surface area contributed by atoms with Gasteiger partial charge in [-0.3, -0.25) is 4.90 Å². The van der Waals surface area contributed by atoms with E-state index in [4.69, 9.17) is 27.5 Å². The molecule has 0 aliphatic carbocycles.